The van der Waals surface area contributed by atoms with Gasteiger partial charge in [0.05, 0.1) is 24.6 Å². The molecule has 0 radical (unpaired) electrons. The predicted molar refractivity (Wildman–Crippen MR) is 118 cm³/mol. The average molecular weight is 395 g/mol. The number of amides is 2. The first-order valence-corrected chi connectivity index (χ1v) is 10.4. The van der Waals surface area contributed by atoms with Gasteiger partial charge in [-0.15, -0.1) is 0 Å². The number of rotatable bonds is 3. The maximum Gasteiger partial charge on any atom is 0.322 e. The first-order valence-electron chi connectivity index (χ1n) is 10.4. The minimum atomic E-state index is -0.0219. The van der Waals surface area contributed by atoms with E-state index in [1.54, 1.807) is 0 Å². The highest BCUT2D eigenvalue weighted by molar-refractivity contribution is 5.93. The Bertz CT molecular complexity index is 856. The largest absolute Gasteiger partial charge is 0.378 e. The number of para-hydroxylation sites is 2. The van der Waals surface area contributed by atoms with Crippen molar-refractivity contribution in [1.29, 1.82) is 0 Å². The van der Waals surface area contributed by atoms with Crippen LogP contribution in [0.15, 0.2) is 42.5 Å². The van der Waals surface area contributed by atoms with Crippen molar-refractivity contribution >= 4 is 23.1 Å². The van der Waals surface area contributed by atoms with Gasteiger partial charge in [0.15, 0.2) is 0 Å². The number of piperazine rings is 1. The monoisotopic (exact) mass is 394 g/mol. The van der Waals surface area contributed by atoms with Crippen LogP contribution in [-0.4, -0.2) is 63.4 Å². The van der Waals surface area contributed by atoms with Crippen LogP contribution in [0.5, 0.6) is 0 Å². The van der Waals surface area contributed by atoms with Crippen molar-refractivity contribution in [1.82, 2.24) is 4.90 Å². The minimum absolute atomic E-state index is 0.0219. The molecular formula is C23H30N4O2. The molecule has 2 aromatic carbocycles. The molecule has 0 bridgehead atoms. The number of morpholine rings is 1. The van der Waals surface area contributed by atoms with Gasteiger partial charge in [0.25, 0.3) is 0 Å². The third-order valence-corrected chi connectivity index (χ3v) is 5.98. The van der Waals surface area contributed by atoms with Crippen LogP contribution in [0.4, 0.5) is 21.9 Å². The quantitative estimate of drug-likeness (QED) is 0.866. The summed E-state index contributed by atoms with van der Waals surface area (Å²) in [5.41, 5.74) is 5.85. The Kier molecular flexibility index (Phi) is 5.90. The van der Waals surface area contributed by atoms with E-state index in [2.05, 4.69) is 53.2 Å². The zero-order valence-corrected chi connectivity index (χ0v) is 17.4. The third-order valence-electron chi connectivity index (χ3n) is 5.98. The first kappa shape index (κ1) is 19.6. The highest BCUT2D eigenvalue weighted by Gasteiger charge is 2.23. The molecule has 4 rings (SSSR count). The van der Waals surface area contributed by atoms with Gasteiger partial charge in [-0.05, 0) is 43.2 Å². The molecule has 2 aliphatic rings. The molecule has 2 amide bonds. The van der Waals surface area contributed by atoms with E-state index in [1.807, 2.05) is 23.1 Å². The number of hydrogen-bond acceptors (Lipinski definition) is 4. The predicted octanol–water partition coefficient (Wildman–Crippen LogP) is 3.49. The van der Waals surface area contributed by atoms with E-state index in [9.17, 15) is 4.79 Å². The van der Waals surface area contributed by atoms with Gasteiger partial charge in [-0.2, -0.15) is 0 Å². The zero-order chi connectivity index (χ0) is 20.2. The number of benzene rings is 2. The van der Waals surface area contributed by atoms with Crippen LogP contribution in [-0.2, 0) is 4.74 Å². The van der Waals surface area contributed by atoms with Crippen LogP contribution in [0, 0.1) is 13.8 Å². The Morgan fingerprint density at radius 3 is 2.24 bits per heavy atom. The van der Waals surface area contributed by atoms with Crippen molar-refractivity contribution in [3.05, 3.63) is 53.6 Å². The summed E-state index contributed by atoms with van der Waals surface area (Å²) >= 11 is 0. The van der Waals surface area contributed by atoms with Gasteiger partial charge in [-0.1, -0.05) is 24.3 Å². The number of urea groups is 1. The summed E-state index contributed by atoms with van der Waals surface area (Å²) in [5.74, 6) is 0. The summed E-state index contributed by atoms with van der Waals surface area (Å²) in [5, 5.41) is 3.14. The molecule has 2 heterocycles. The van der Waals surface area contributed by atoms with E-state index in [0.717, 1.165) is 63.9 Å². The SMILES string of the molecule is Cc1cccc(N2CCN(C(=O)Nc3ccccc3N3CCOCC3)CC2)c1C. The fraction of sp³-hybridized carbons (Fsp3) is 0.435. The molecule has 6 heteroatoms. The van der Waals surface area contributed by atoms with Crippen LogP contribution in [0.1, 0.15) is 11.1 Å². The lowest BCUT2D eigenvalue weighted by atomic mass is 10.1. The summed E-state index contributed by atoms with van der Waals surface area (Å²) in [6, 6.07) is 14.5. The zero-order valence-electron chi connectivity index (χ0n) is 17.4. The molecule has 2 aromatic rings. The molecule has 2 fully saturated rings. The molecule has 2 saturated heterocycles. The number of anilines is 3. The molecule has 0 aliphatic carbocycles. The Morgan fingerprint density at radius 2 is 1.48 bits per heavy atom. The molecule has 0 spiro atoms. The fourth-order valence-corrected chi connectivity index (χ4v) is 4.08. The smallest absolute Gasteiger partial charge is 0.322 e. The molecular weight excluding hydrogens is 364 g/mol. The lowest BCUT2D eigenvalue weighted by Crippen LogP contribution is -2.50. The maximum atomic E-state index is 12.9. The highest BCUT2D eigenvalue weighted by Crippen LogP contribution is 2.27. The minimum Gasteiger partial charge on any atom is -0.378 e. The van der Waals surface area contributed by atoms with Crippen LogP contribution in [0.2, 0.25) is 0 Å². The third kappa shape index (κ3) is 4.32. The van der Waals surface area contributed by atoms with Crippen LogP contribution < -0.4 is 15.1 Å². The molecule has 0 atom stereocenters. The van der Waals surface area contributed by atoms with Crippen molar-refractivity contribution in [2.24, 2.45) is 0 Å². The summed E-state index contributed by atoms with van der Waals surface area (Å²) < 4.78 is 5.46. The van der Waals surface area contributed by atoms with E-state index in [1.165, 1.54) is 16.8 Å². The number of carbonyl (C=O) groups excluding carboxylic acids is 1. The first-order chi connectivity index (χ1) is 14.1. The molecule has 29 heavy (non-hydrogen) atoms. The van der Waals surface area contributed by atoms with Gasteiger partial charge in [-0.25, -0.2) is 4.79 Å². The number of aryl methyl sites for hydroxylation is 1. The van der Waals surface area contributed by atoms with Crippen LogP contribution in [0.25, 0.3) is 0 Å². The second-order valence-corrected chi connectivity index (χ2v) is 7.74. The number of hydrogen-bond donors (Lipinski definition) is 1. The number of nitrogens with one attached hydrogen (secondary N) is 1. The molecule has 0 aromatic heterocycles. The molecule has 0 saturated carbocycles. The van der Waals surface area contributed by atoms with Crippen molar-refractivity contribution < 1.29 is 9.53 Å². The Balaban J connectivity index is 1.39. The van der Waals surface area contributed by atoms with Crippen molar-refractivity contribution in [2.45, 2.75) is 13.8 Å². The van der Waals surface area contributed by atoms with E-state index in [0.29, 0.717) is 0 Å². The van der Waals surface area contributed by atoms with Crippen molar-refractivity contribution in [3.8, 4) is 0 Å². The number of nitrogens with zero attached hydrogens (tertiary/aromatic N) is 3. The number of ether oxygens (including phenoxy) is 1. The molecule has 2 aliphatic heterocycles. The van der Waals surface area contributed by atoms with Gasteiger partial charge in [-0.3, -0.25) is 0 Å². The van der Waals surface area contributed by atoms with Gasteiger partial charge in [0.2, 0.25) is 0 Å². The standard InChI is InChI=1S/C23H30N4O2/c1-18-6-5-9-21(19(18)2)25-10-12-27(13-11-25)23(28)24-20-7-3-4-8-22(20)26-14-16-29-17-15-26/h3-9H,10-17H2,1-2H3,(H,24,28). The lowest BCUT2D eigenvalue weighted by molar-refractivity contribution is 0.123. The van der Waals surface area contributed by atoms with Crippen LogP contribution >= 0.6 is 0 Å². The van der Waals surface area contributed by atoms with Crippen LogP contribution in [0.3, 0.4) is 0 Å². The highest BCUT2D eigenvalue weighted by atomic mass is 16.5. The van der Waals surface area contributed by atoms with E-state index >= 15 is 0 Å². The van der Waals surface area contributed by atoms with E-state index in [-0.39, 0.29) is 6.03 Å². The van der Waals surface area contributed by atoms with E-state index < -0.39 is 0 Å². The molecule has 0 unspecified atom stereocenters. The second-order valence-electron chi connectivity index (χ2n) is 7.74. The van der Waals surface area contributed by atoms with Gasteiger partial charge in [0, 0.05) is 45.0 Å². The summed E-state index contributed by atoms with van der Waals surface area (Å²) in [6.07, 6.45) is 0. The van der Waals surface area contributed by atoms with E-state index in [4.69, 9.17) is 4.74 Å². The molecule has 1 N–H and O–H groups in total. The Hall–Kier alpha value is -2.73. The summed E-state index contributed by atoms with van der Waals surface area (Å²) in [7, 11) is 0. The summed E-state index contributed by atoms with van der Waals surface area (Å²) in [6.45, 7) is 10.6. The molecule has 154 valence electrons. The number of carbonyl (C=O) groups is 1. The maximum absolute atomic E-state index is 12.9. The lowest BCUT2D eigenvalue weighted by Gasteiger charge is -2.37. The fourth-order valence-electron chi connectivity index (χ4n) is 4.08. The van der Waals surface area contributed by atoms with Gasteiger partial charge >= 0.3 is 6.03 Å². The summed E-state index contributed by atoms with van der Waals surface area (Å²) in [4.78, 5) is 19.5. The van der Waals surface area contributed by atoms with Gasteiger partial charge < -0.3 is 24.8 Å². The topological polar surface area (TPSA) is 48.0 Å². The molecule has 6 nitrogen and oxygen atoms in total. The normalized spacial score (nSPS) is 17.4. The second kappa shape index (κ2) is 8.74. The average Bonchev–Trinajstić information content (AvgIpc) is 2.77. The van der Waals surface area contributed by atoms with Crippen molar-refractivity contribution in [2.75, 3.05) is 67.6 Å². The van der Waals surface area contributed by atoms with Gasteiger partial charge in [0.1, 0.15) is 0 Å². The Morgan fingerprint density at radius 1 is 0.828 bits per heavy atom. The van der Waals surface area contributed by atoms with Crippen molar-refractivity contribution in [3.63, 3.8) is 0 Å². The Labute approximate surface area is 173 Å².